The van der Waals surface area contributed by atoms with E-state index in [1.165, 1.54) is 13.2 Å². The summed E-state index contributed by atoms with van der Waals surface area (Å²) >= 11 is 0. The lowest BCUT2D eigenvalue weighted by molar-refractivity contribution is 0.386. The molecule has 0 atom stereocenters. The van der Waals surface area contributed by atoms with E-state index in [-0.39, 0.29) is 11.6 Å². The maximum absolute atomic E-state index is 13.4. The molecular weight excluding hydrogens is 231 g/mol. The fourth-order valence-corrected chi connectivity index (χ4v) is 1.62. The third kappa shape index (κ3) is 5.47. The molecule has 0 aliphatic rings. The molecule has 18 heavy (non-hydrogen) atoms. The summed E-state index contributed by atoms with van der Waals surface area (Å²) in [7, 11) is 1.47. The number of benzene rings is 1. The highest BCUT2D eigenvalue weighted by Crippen LogP contribution is 2.17. The molecular formula is C14H23FN2O. The third-order valence-corrected chi connectivity index (χ3v) is 2.58. The van der Waals surface area contributed by atoms with Gasteiger partial charge in [0.1, 0.15) is 0 Å². The summed E-state index contributed by atoms with van der Waals surface area (Å²) in [6.45, 7) is 7.86. The van der Waals surface area contributed by atoms with E-state index in [1.807, 2.05) is 6.07 Å². The van der Waals surface area contributed by atoms with Gasteiger partial charge in [0, 0.05) is 19.6 Å². The second kappa shape index (κ2) is 8.06. The second-order valence-electron chi connectivity index (χ2n) is 4.74. The fourth-order valence-electron chi connectivity index (χ4n) is 1.62. The van der Waals surface area contributed by atoms with Gasteiger partial charge in [0.05, 0.1) is 7.11 Å². The zero-order valence-electron chi connectivity index (χ0n) is 11.4. The molecule has 0 saturated carbocycles. The SMILES string of the molecule is COc1ccc(CNCCNCC(C)C)cc1F. The number of halogens is 1. The topological polar surface area (TPSA) is 33.3 Å². The summed E-state index contributed by atoms with van der Waals surface area (Å²) in [5.74, 6) is 0.646. The minimum atomic E-state index is -0.310. The zero-order valence-corrected chi connectivity index (χ0v) is 11.4. The number of nitrogens with one attached hydrogen (secondary N) is 2. The number of methoxy groups -OCH3 is 1. The number of rotatable bonds is 8. The van der Waals surface area contributed by atoms with E-state index in [4.69, 9.17) is 4.74 Å². The van der Waals surface area contributed by atoms with Crippen molar-refractivity contribution in [3.8, 4) is 5.75 Å². The molecule has 0 bridgehead atoms. The highest BCUT2D eigenvalue weighted by atomic mass is 19.1. The van der Waals surface area contributed by atoms with Crippen molar-refractivity contribution in [2.24, 2.45) is 5.92 Å². The lowest BCUT2D eigenvalue weighted by atomic mass is 10.2. The highest BCUT2D eigenvalue weighted by molar-refractivity contribution is 5.29. The van der Waals surface area contributed by atoms with Gasteiger partial charge in [-0.05, 0) is 30.2 Å². The predicted octanol–water partition coefficient (Wildman–Crippen LogP) is 2.17. The smallest absolute Gasteiger partial charge is 0.165 e. The van der Waals surface area contributed by atoms with E-state index in [9.17, 15) is 4.39 Å². The van der Waals surface area contributed by atoms with Crippen molar-refractivity contribution >= 4 is 0 Å². The van der Waals surface area contributed by atoms with E-state index in [0.717, 1.165) is 25.2 Å². The van der Waals surface area contributed by atoms with Gasteiger partial charge in [0.2, 0.25) is 0 Å². The van der Waals surface area contributed by atoms with Gasteiger partial charge < -0.3 is 15.4 Å². The molecule has 0 radical (unpaired) electrons. The standard InChI is InChI=1S/C14H23FN2O/c1-11(2)9-16-6-7-17-10-12-4-5-14(18-3)13(15)8-12/h4-5,8,11,16-17H,6-7,9-10H2,1-3H3. The van der Waals surface area contributed by atoms with Crippen LogP contribution in [0.1, 0.15) is 19.4 Å². The molecule has 1 rings (SSSR count). The van der Waals surface area contributed by atoms with Crippen LogP contribution in [0.5, 0.6) is 5.75 Å². The van der Waals surface area contributed by atoms with Gasteiger partial charge >= 0.3 is 0 Å². The molecule has 0 aliphatic heterocycles. The van der Waals surface area contributed by atoms with Gasteiger partial charge in [-0.15, -0.1) is 0 Å². The van der Waals surface area contributed by atoms with Crippen molar-refractivity contribution in [3.63, 3.8) is 0 Å². The summed E-state index contributed by atoms with van der Waals surface area (Å²) in [6.07, 6.45) is 0. The molecule has 0 aliphatic carbocycles. The summed E-state index contributed by atoms with van der Waals surface area (Å²) in [5.41, 5.74) is 0.928. The quantitative estimate of drug-likeness (QED) is 0.698. The molecule has 0 fully saturated rings. The Morgan fingerprint density at radius 1 is 1.22 bits per heavy atom. The molecule has 0 amide bonds. The first-order valence-corrected chi connectivity index (χ1v) is 6.37. The highest BCUT2D eigenvalue weighted by Gasteiger charge is 2.02. The van der Waals surface area contributed by atoms with Gasteiger partial charge in [-0.1, -0.05) is 19.9 Å². The van der Waals surface area contributed by atoms with Crippen LogP contribution in [0.25, 0.3) is 0 Å². The average molecular weight is 254 g/mol. The molecule has 3 nitrogen and oxygen atoms in total. The van der Waals surface area contributed by atoms with E-state index in [1.54, 1.807) is 6.07 Å². The van der Waals surface area contributed by atoms with Crippen LogP contribution in [0, 0.1) is 11.7 Å². The monoisotopic (exact) mass is 254 g/mol. The van der Waals surface area contributed by atoms with Crippen LogP contribution in [0.4, 0.5) is 4.39 Å². The lowest BCUT2D eigenvalue weighted by Crippen LogP contribution is -2.29. The van der Waals surface area contributed by atoms with Crippen molar-refractivity contribution in [3.05, 3.63) is 29.6 Å². The van der Waals surface area contributed by atoms with Crippen molar-refractivity contribution in [2.75, 3.05) is 26.7 Å². The molecule has 2 N–H and O–H groups in total. The van der Waals surface area contributed by atoms with Gasteiger partial charge in [-0.3, -0.25) is 0 Å². The van der Waals surface area contributed by atoms with Crippen molar-refractivity contribution < 1.29 is 9.13 Å². The first-order chi connectivity index (χ1) is 8.63. The van der Waals surface area contributed by atoms with Gasteiger partial charge in [-0.25, -0.2) is 4.39 Å². The van der Waals surface area contributed by atoms with Crippen molar-refractivity contribution in [1.82, 2.24) is 10.6 Å². The Kier molecular flexibility index (Phi) is 6.68. The first kappa shape index (κ1) is 14.9. The van der Waals surface area contributed by atoms with Crippen molar-refractivity contribution in [2.45, 2.75) is 20.4 Å². The minimum absolute atomic E-state index is 0.289. The maximum atomic E-state index is 13.4. The number of hydrogen-bond acceptors (Lipinski definition) is 3. The first-order valence-electron chi connectivity index (χ1n) is 6.37. The minimum Gasteiger partial charge on any atom is -0.494 e. The van der Waals surface area contributed by atoms with Crippen molar-refractivity contribution in [1.29, 1.82) is 0 Å². The Bertz CT molecular complexity index is 356. The molecule has 0 spiro atoms. The molecule has 0 unspecified atom stereocenters. The van der Waals surface area contributed by atoms with Gasteiger partial charge in [0.25, 0.3) is 0 Å². The Morgan fingerprint density at radius 2 is 1.94 bits per heavy atom. The molecule has 1 aromatic carbocycles. The molecule has 102 valence electrons. The van der Waals surface area contributed by atoms with Crippen LogP contribution in [-0.2, 0) is 6.54 Å². The Morgan fingerprint density at radius 3 is 2.56 bits per heavy atom. The largest absolute Gasteiger partial charge is 0.494 e. The summed E-state index contributed by atoms with van der Waals surface area (Å²) in [5, 5.41) is 6.61. The van der Waals surface area contributed by atoms with E-state index in [0.29, 0.717) is 12.5 Å². The van der Waals surface area contributed by atoms with Crippen LogP contribution in [0.3, 0.4) is 0 Å². The van der Waals surface area contributed by atoms with E-state index >= 15 is 0 Å². The molecule has 4 heteroatoms. The Labute approximate surface area is 109 Å². The summed E-state index contributed by atoms with van der Waals surface area (Å²) < 4.78 is 18.3. The van der Waals surface area contributed by atoms with Crippen LogP contribution in [0.15, 0.2) is 18.2 Å². The van der Waals surface area contributed by atoms with Crippen LogP contribution < -0.4 is 15.4 Å². The molecule has 0 saturated heterocycles. The van der Waals surface area contributed by atoms with Crippen LogP contribution in [0.2, 0.25) is 0 Å². The molecule has 0 aromatic heterocycles. The number of hydrogen-bond donors (Lipinski definition) is 2. The predicted molar refractivity (Wildman–Crippen MR) is 72.4 cm³/mol. The Hall–Kier alpha value is -1.13. The molecule has 1 aromatic rings. The molecule has 0 heterocycles. The normalized spacial score (nSPS) is 10.9. The van der Waals surface area contributed by atoms with Crippen LogP contribution >= 0.6 is 0 Å². The van der Waals surface area contributed by atoms with E-state index in [2.05, 4.69) is 24.5 Å². The van der Waals surface area contributed by atoms with Crippen LogP contribution in [-0.4, -0.2) is 26.7 Å². The van der Waals surface area contributed by atoms with E-state index < -0.39 is 0 Å². The maximum Gasteiger partial charge on any atom is 0.165 e. The number of ether oxygens (including phenoxy) is 1. The lowest BCUT2D eigenvalue weighted by Gasteiger charge is -2.09. The fraction of sp³-hybridized carbons (Fsp3) is 0.571. The second-order valence-corrected chi connectivity index (χ2v) is 4.74. The third-order valence-electron chi connectivity index (χ3n) is 2.58. The van der Waals surface area contributed by atoms with Gasteiger partial charge in [-0.2, -0.15) is 0 Å². The summed E-state index contributed by atoms with van der Waals surface area (Å²) in [6, 6.07) is 5.03. The average Bonchev–Trinajstić information content (AvgIpc) is 2.33. The summed E-state index contributed by atoms with van der Waals surface area (Å²) in [4.78, 5) is 0. The zero-order chi connectivity index (χ0) is 13.4. The van der Waals surface area contributed by atoms with Gasteiger partial charge in [0.15, 0.2) is 11.6 Å². The Balaban J connectivity index is 2.21.